The van der Waals surface area contributed by atoms with Crippen LogP contribution < -0.4 is 10.6 Å². The second-order valence-corrected chi connectivity index (χ2v) is 6.14. The van der Waals surface area contributed by atoms with Gasteiger partial charge in [0.1, 0.15) is 5.82 Å². The number of nitrogens with two attached hydrogens (primary N) is 1. The van der Waals surface area contributed by atoms with Crippen molar-refractivity contribution in [3.63, 3.8) is 0 Å². The highest BCUT2D eigenvalue weighted by molar-refractivity contribution is 7.09. The Hall–Kier alpha value is -1.21. The summed E-state index contributed by atoms with van der Waals surface area (Å²) < 4.78 is 4.21. The highest BCUT2D eigenvalue weighted by Gasteiger charge is 2.48. The summed E-state index contributed by atoms with van der Waals surface area (Å²) >= 11 is 1.43. The van der Waals surface area contributed by atoms with E-state index in [4.69, 9.17) is 5.73 Å². The Kier molecular flexibility index (Phi) is 3.18. The van der Waals surface area contributed by atoms with Crippen molar-refractivity contribution in [2.45, 2.75) is 31.7 Å². The Morgan fingerprint density at radius 3 is 2.74 bits per heavy atom. The van der Waals surface area contributed by atoms with Crippen LogP contribution in [0.4, 0.5) is 5.13 Å². The molecule has 0 aromatic carbocycles. The van der Waals surface area contributed by atoms with Gasteiger partial charge >= 0.3 is 0 Å². The van der Waals surface area contributed by atoms with Gasteiger partial charge in [-0.15, -0.1) is 0 Å². The van der Waals surface area contributed by atoms with Crippen molar-refractivity contribution < 1.29 is 4.79 Å². The van der Waals surface area contributed by atoms with E-state index in [0.29, 0.717) is 0 Å². The fourth-order valence-electron chi connectivity index (χ4n) is 2.39. The number of amides is 1. The van der Waals surface area contributed by atoms with E-state index >= 15 is 0 Å². The lowest BCUT2D eigenvalue weighted by Gasteiger charge is -2.24. The van der Waals surface area contributed by atoms with Crippen molar-refractivity contribution >= 4 is 22.6 Å². The van der Waals surface area contributed by atoms with Gasteiger partial charge in [0.15, 0.2) is 0 Å². The standard InChI is InChI=1S/C12H19N5OS/c1-9-14-11(19-15-9)17-6-2-5-16(7-8-17)10(18)12(13)3-4-12/h2-8,13H2,1H3. The van der Waals surface area contributed by atoms with E-state index in [9.17, 15) is 4.79 Å². The summed E-state index contributed by atoms with van der Waals surface area (Å²) in [6.07, 6.45) is 2.63. The first kappa shape index (κ1) is 12.8. The van der Waals surface area contributed by atoms with Crippen LogP contribution in [0.1, 0.15) is 25.1 Å². The van der Waals surface area contributed by atoms with Crippen LogP contribution in [0.2, 0.25) is 0 Å². The average molecular weight is 281 g/mol. The number of carbonyl (C=O) groups excluding carboxylic acids is 1. The molecule has 0 radical (unpaired) electrons. The summed E-state index contributed by atoms with van der Waals surface area (Å²) in [6.45, 7) is 5.17. The molecule has 1 amide bonds. The van der Waals surface area contributed by atoms with E-state index in [2.05, 4.69) is 14.3 Å². The summed E-state index contributed by atoms with van der Waals surface area (Å²) in [5, 5.41) is 0.959. The summed E-state index contributed by atoms with van der Waals surface area (Å²) in [4.78, 5) is 20.8. The predicted molar refractivity (Wildman–Crippen MR) is 74.2 cm³/mol. The Bertz CT molecular complexity index is 484. The van der Waals surface area contributed by atoms with Gasteiger partial charge in [0.2, 0.25) is 11.0 Å². The number of aromatic nitrogens is 2. The van der Waals surface area contributed by atoms with Gasteiger partial charge in [0.25, 0.3) is 0 Å². The first-order valence-corrected chi connectivity index (χ1v) is 7.49. The highest BCUT2D eigenvalue weighted by atomic mass is 32.1. The number of anilines is 1. The number of hydrogen-bond donors (Lipinski definition) is 1. The van der Waals surface area contributed by atoms with E-state index in [0.717, 1.165) is 56.4 Å². The maximum atomic E-state index is 12.2. The molecule has 19 heavy (non-hydrogen) atoms. The van der Waals surface area contributed by atoms with E-state index in [1.165, 1.54) is 11.5 Å². The van der Waals surface area contributed by atoms with Crippen molar-refractivity contribution in [2.75, 3.05) is 31.1 Å². The molecule has 104 valence electrons. The third-order valence-electron chi connectivity index (χ3n) is 3.79. The summed E-state index contributed by atoms with van der Waals surface area (Å²) in [7, 11) is 0. The Morgan fingerprint density at radius 2 is 2.11 bits per heavy atom. The van der Waals surface area contributed by atoms with Gasteiger partial charge in [0, 0.05) is 37.7 Å². The number of nitrogens with zero attached hydrogens (tertiary/aromatic N) is 4. The monoisotopic (exact) mass is 281 g/mol. The van der Waals surface area contributed by atoms with Crippen LogP contribution in [0.3, 0.4) is 0 Å². The number of rotatable bonds is 2. The first-order chi connectivity index (χ1) is 9.08. The molecule has 0 unspecified atom stereocenters. The molecule has 2 aliphatic rings. The maximum Gasteiger partial charge on any atom is 0.242 e. The second-order valence-electron chi connectivity index (χ2n) is 5.41. The Balaban J connectivity index is 1.64. The molecule has 0 bridgehead atoms. The average Bonchev–Trinajstić information content (AvgIpc) is 3.08. The van der Waals surface area contributed by atoms with Gasteiger partial charge in [-0.1, -0.05) is 0 Å². The SMILES string of the molecule is Cc1nsc(N2CCCN(C(=O)C3(N)CC3)CC2)n1. The number of aryl methyl sites for hydroxylation is 1. The van der Waals surface area contributed by atoms with E-state index in [-0.39, 0.29) is 5.91 Å². The molecule has 3 rings (SSSR count). The van der Waals surface area contributed by atoms with Gasteiger partial charge in [0.05, 0.1) is 5.54 Å². The van der Waals surface area contributed by atoms with Crippen LogP contribution in [0.15, 0.2) is 0 Å². The molecular weight excluding hydrogens is 262 g/mol. The second kappa shape index (κ2) is 4.72. The fourth-order valence-corrected chi connectivity index (χ4v) is 3.12. The lowest BCUT2D eigenvalue weighted by Crippen LogP contribution is -2.47. The molecule has 2 fully saturated rings. The smallest absolute Gasteiger partial charge is 0.242 e. The zero-order valence-corrected chi connectivity index (χ0v) is 11.9. The van der Waals surface area contributed by atoms with Crippen LogP contribution in [-0.4, -0.2) is 51.9 Å². The predicted octanol–water partition coefficient (Wildman–Crippen LogP) is 0.377. The lowest BCUT2D eigenvalue weighted by atomic mass is 10.2. The molecule has 1 saturated heterocycles. The molecule has 1 aromatic heterocycles. The molecule has 2 N–H and O–H groups in total. The summed E-state index contributed by atoms with van der Waals surface area (Å²) in [5.41, 5.74) is 5.45. The van der Waals surface area contributed by atoms with Gasteiger partial charge in [-0.05, 0) is 26.2 Å². The van der Waals surface area contributed by atoms with E-state index in [1.54, 1.807) is 0 Å². The Morgan fingerprint density at radius 1 is 1.32 bits per heavy atom. The van der Waals surface area contributed by atoms with Crippen LogP contribution >= 0.6 is 11.5 Å². The van der Waals surface area contributed by atoms with Crippen LogP contribution in [0.25, 0.3) is 0 Å². The van der Waals surface area contributed by atoms with E-state index in [1.807, 2.05) is 11.8 Å². The minimum Gasteiger partial charge on any atom is -0.345 e. The van der Waals surface area contributed by atoms with Crippen molar-refractivity contribution in [3.05, 3.63) is 5.82 Å². The molecule has 1 saturated carbocycles. The summed E-state index contributed by atoms with van der Waals surface area (Å²) in [5.74, 6) is 0.943. The normalized spacial score (nSPS) is 22.2. The summed E-state index contributed by atoms with van der Waals surface area (Å²) in [6, 6.07) is 0. The van der Waals surface area contributed by atoms with Gasteiger partial charge < -0.3 is 15.5 Å². The molecule has 1 aliphatic heterocycles. The van der Waals surface area contributed by atoms with Crippen molar-refractivity contribution in [1.82, 2.24) is 14.3 Å². The molecule has 0 atom stereocenters. The molecule has 6 nitrogen and oxygen atoms in total. The zero-order chi connectivity index (χ0) is 13.5. The molecule has 0 spiro atoms. The van der Waals surface area contributed by atoms with E-state index < -0.39 is 5.54 Å². The van der Waals surface area contributed by atoms with Crippen molar-refractivity contribution in [1.29, 1.82) is 0 Å². The third-order valence-corrected chi connectivity index (χ3v) is 4.65. The lowest BCUT2D eigenvalue weighted by molar-refractivity contribution is -0.133. The molecule has 2 heterocycles. The zero-order valence-electron chi connectivity index (χ0n) is 11.1. The van der Waals surface area contributed by atoms with Crippen molar-refractivity contribution in [3.8, 4) is 0 Å². The fraction of sp³-hybridized carbons (Fsp3) is 0.750. The third kappa shape index (κ3) is 2.57. The van der Waals surface area contributed by atoms with Gasteiger partial charge in [-0.2, -0.15) is 4.37 Å². The van der Waals surface area contributed by atoms with Crippen molar-refractivity contribution in [2.24, 2.45) is 5.73 Å². The molecule has 1 aromatic rings. The van der Waals surface area contributed by atoms with Gasteiger partial charge in [-0.3, -0.25) is 4.79 Å². The number of hydrogen-bond acceptors (Lipinski definition) is 6. The number of carbonyl (C=O) groups is 1. The Labute approximate surface area is 116 Å². The van der Waals surface area contributed by atoms with Crippen LogP contribution in [-0.2, 0) is 4.79 Å². The first-order valence-electron chi connectivity index (χ1n) is 6.72. The van der Waals surface area contributed by atoms with Gasteiger partial charge in [-0.25, -0.2) is 4.98 Å². The molecule has 7 heteroatoms. The largest absolute Gasteiger partial charge is 0.345 e. The van der Waals surface area contributed by atoms with Crippen LogP contribution in [0.5, 0.6) is 0 Å². The minimum atomic E-state index is -0.547. The quantitative estimate of drug-likeness (QED) is 0.848. The maximum absolute atomic E-state index is 12.2. The highest BCUT2D eigenvalue weighted by Crippen LogP contribution is 2.34. The van der Waals surface area contributed by atoms with Crippen LogP contribution in [0, 0.1) is 6.92 Å². The topological polar surface area (TPSA) is 75.4 Å². The minimum absolute atomic E-state index is 0.128. The molecular formula is C12H19N5OS. The molecule has 1 aliphatic carbocycles.